The zero-order valence-corrected chi connectivity index (χ0v) is 9.51. The Kier molecular flexibility index (Phi) is 3.13. The molecule has 0 aromatic rings. The Morgan fingerprint density at radius 2 is 1.93 bits per heavy atom. The van der Waals surface area contributed by atoms with Crippen molar-refractivity contribution in [2.75, 3.05) is 13.7 Å². The van der Waals surface area contributed by atoms with Gasteiger partial charge in [0.1, 0.15) is 0 Å². The Bertz CT molecular complexity index is 185. The summed E-state index contributed by atoms with van der Waals surface area (Å²) < 4.78 is 6.05. The maximum absolute atomic E-state index is 6.05. The summed E-state index contributed by atoms with van der Waals surface area (Å²) in [5, 5.41) is 3.41. The second-order valence-corrected chi connectivity index (χ2v) is 5.19. The second kappa shape index (κ2) is 4.19. The molecule has 1 heterocycles. The van der Waals surface area contributed by atoms with Crippen molar-refractivity contribution in [3.63, 3.8) is 0 Å². The van der Waals surface area contributed by atoms with E-state index < -0.39 is 0 Å². The number of hydrogen-bond acceptors (Lipinski definition) is 2. The Morgan fingerprint density at radius 1 is 1.21 bits per heavy atom. The highest BCUT2D eigenvalue weighted by Gasteiger charge is 2.39. The van der Waals surface area contributed by atoms with Gasteiger partial charge in [-0.3, -0.25) is 0 Å². The summed E-state index contributed by atoms with van der Waals surface area (Å²) in [6.07, 6.45) is 7.70. The van der Waals surface area contributed by atoms with Crippen molar-refractivity contribution >= 4 is 0 Å². The zero-order valence-electron chi connectivity index (χ0n) is 9.51. The van der Waals surface area contributed by atoms with E-state index in [2.05, 4.69) is 19.3 Å². The summed E-state index contributed by atoms with van der Waals surface area (Å²) >= 11 is 0. The first-order valence-corrected chi connectivity index (χ1v) is 6.05. The fourth-order valence-electron chi connectivity index (χ4n) is 2.91. The standard InChI is InChI=1S/C12H23NO/c1-10-3-6-12(7-4-10)9-11(13-2)5-8-14-12/h10-11,13H,3-9H2,1-2H3. The monoisotopic (exact) mass is 197 g/mol. The van der Waals surface area contributed by atoms with Crippen LogP contribution in [0.4, 0.5) is 0 Å². The average Bonchev–Trinajstić information content (AvgIpc) is 2.23. The molecule has 1 N–H and O–H groups in total. The number of ether oxygens (including phenoxy) is 1. The molecular formula is C12H23NO. The van der Waals surface area contributed by atoms with Gasteiger partial charge in [0.25, 0.3) is 0 Å². The largest absolute Gasteiger partial charge is 0.375 e. The van der Waals surface area contributed by atoms with Crippen LogP contribution in [0.5, 0.6) is 0 Å². The summed E-state index contributed by atoms with van der Waals surface area (Å²) in [6.45, 7) is 3.32. The number of rotatable bonds is 1. The van der Waals surface area contributed by atoms with Gasteiger partial charge in [0, 0.05) is 12.6 Å². The van der Waals surface area contributed by atoms with Gasteiger partial charge in [0.05, 0.1) is 5.60 Å². The highest BCUT2D eigenvalue weighted by Crippen LogP contribution is 2.40. The highest BCUT2D eigenvalue weighted by molar-refractivity contribution is 4.92. The van der Waals surface area contributed by atoms with Crippen LogP contribution < -0.4 is 5.32 Å². The molecule has 1 unspecified atom stereocenters. The fraction of sp³-hybridized carbons (Fsp3) is 1.00. The molecule has 2 aliphatic rings. The van der Waals surface area contributed by atoms with Crippen molar-refractivity contribution < 1.29 is 4.74 Å². The lowest BCUT2D eigenvalue weighted by molar-refractivity contribution is -0.113. The third kappa shape index (κ3) is 2.12. The molecule has 1 atom stereocenters. The normalized spacial score (nSPS) is 44.1. The first-order chi connectivity index (χ1) is 6.74. The summed E-state index contributed by atoms with van der Waals surface area (Å²) in [4.78, 5) is 0. The van der Waals surface area contributed by atoms with E-state index in [1.807, 2.05) is 0 Å². The van der Waals surface area contributed by atoms with Gasteiger partial charge in [-0.1, -0.05) is 6.92 Å². The minimum atomic E-state index is 0.248. The molecule has 2 fully saturated rings. The third-order valence-corrected chi connectivity index (χ3v) is 4.09. The highest BCUT2D eigenvalue weighted by atomic mass is 16.5. The quantitative estimate of drug-likeness (QED) is 0.696. The van der Waals surface area contributed by atoms with Gasteiger partial charge in [-0.2, -0.15) is 0 Å². The van der Waals surface area contributed by atoms with Crippen LogP contribution in [0.2, 0.25) is 0 Å². The molecule has 82 valence electrons. The van der Waals surface area contributed by atoms with E-state index in [4.69, 9.17) is 4.74 Å². The Morgan fingerprint density at radius 3 is 2.57 bits per heavy atom. The Hall–Kier alpha value is -0.0800. The van der Waals surface area contributed by atoms with Gasteiger partial charge in [-0.15, -0.1) is 0 Å². The van der Waals surface area contributed by atoms with Crippen LogP contribution in [0.1, 0.15) is 45.4 Å². The molecule has 0 amide bonds. The fourth-order valence-corrected chi connectivity index (χ4v) is 2.91. The minimum Gasteiger partial charge on any atom is -0.375 e. The van der Waals surface area contributed by atoms with Crippen LogP contribution in [0.15, 0.2) is 0 Å². The molecule has 0 radical (unpaired) electrons. The van der Waals surface area contributed by atoms with Crippen LogP contribution in [0, 0.1) is 5.92 Å². The molecule has 0 aromatic carbocycles. The van der Waals surface area contributed by atoms with E-state index in [-0.39, 0.29) is 5.60 Å². The smallest absolute Gasteiger partial charge is 0.0697 e. The molecule has 1 aliphatic carbocycles. The maximum atomic E-state index is 6.05. The van der Waals surface area contributed by atoms with Gasteiger partial charge >= 0.3 is 0 Å². The SMILES string of the molecule is CNC1CCOC2(CCC(C)CC2)C1. The van der Waals surface area contributed by atoms with Gasteiger partial charge in [-0.05, 0) is 51.5 Å². The van der Waals surface area contributed by atoms with E-state index in [0.29, 0.717) is 6.04 Å². The molecule has 0 bridgehead atoms. The van der Waals surface area contributed by atoms with Crippen LogP contribution in [-0.2, 0) is 4.74 Å². The lowest BCUT2D eigenvalue weighted by Crippen LogP contribution is -2.47. The van der Waals surface area contributed by atoms with Gasteiger partial charge in [0.15, 0.2) is 0 Å². The van der Waals surface area contributed by atoms with Crippen LogP contribution in [-0.4, -0.2) is 25.3 Å². The maximum Gasteiger partial charge on any atom is 0.0697 e. The van der Waals surface area contributed by atoms with Crippen molar-refractivity contribution in [2.45, 2.75) is 57.1 Å². The first-order valence-electron chi connectivity index (χ1n) is 6.05. The number of hydrogen-bond donors (Lipinski definition) is 1. The first kappa shape index (κ1) is 10.4. The predicted molar refractivity (Wildman–Crippen MR) is 58.4 cm³/mol. The lowest BCUT2D eigenvalue weighted by atomic mass is 9.75. The molecule has 1 saturated carbocycles. The topological polar surface area (TPSA) is 21.3 Å². The zero-order chi connectivity index (χ0) is 10.0. The molecule has 2 nitrogen and oxygen atoms in total. The summed E-state index contributed by atoms with van der Waals surface area (Å²) in [5.74, 6) is 0.916. The molecular weight excluding hydrogens is 174 g/mol. The molecule has 2 heteroatoms. The van der Waals surface area contributed by atoms with Crippen LogP contribution in [0.25, 0.3) is 0 Å². The Labute approximate surface area is 87.4 Å². The van der Waals surface area contributed by atoms with Crippen LogP contribution >= 0.6 is 0 Å². The van der Waals surface area contributed by atoms with Crippen molar-refractivity contribution in [3.05, 3.63) is 0 Å². The van der Waals surface area contributed by atoms with E-state index in [1.165, 1.54) is 38.5 Å². The summed E-state index contributed by atoms with van der Waals surface area (Å²) in [6, 6.07) is 0.692. The van der Waals surface area contributed by atoms with Crippen LogP contribution in [0.3, 0.4) is 0 Å². The molecule has 0 aromatic heterocycles. The molecule has 2 rings (SSSR count). The second-order valence-electron chi connectivity index (χ2n) is 5.19. The molecule has 1 aliphatic heterocycles. The minimum absolute atomic E-state index is 0.248. The van der Waals surface area contributed by atoms with Crippen molar-refractivity contribution in [1.82, 2.24) is 5.32 Å². The van der Waals surface area contributed by atoms with Gasteiger partial charge in [0.2, 0.25) is 0 Å². The van der Waals surface area contributed by atoms with E-state index in [9.17, 15) is 0 Å². The summed E-state index contributed by atoms with van der Waals surface area (Å²) in [5.41, 5.74) is 0.248. The van der Waals surface area contributed by atoms with Crippen molar-refractivity contribution in [3.8, 4) is 0 Å². The van der Waals surface area contributed by atoms with Gasteiger partial charge in [-0.25, -0.2) is 0 Å². The van der Waals surface area contributed by atoms with E-state index >= 15 is 0 Å². The van der Waals surface area contributed by atoms with E-state index in [0.717, 1.165) is 12.5 Å². The van der Waals surface area contributed by atoms with Gasteiger partial charge < -0.3 is 10.1 Å². The summed E-state index contributed by atoms with van der Waals surface area (Å²) in [7, 11) is 2.08. The Balaban J connectivity index is 1.94. The molecule has 1 saturated heterocycles. The lowest BCUT2D eigenvalue weighted by Gasteiger charge is -2.44. The third-order valence-electron chi connectivity index (χ3n) is 4.09. The van der Waals surface area contributed by atoms with E-state index in [1.54, 1.807) is 0 Å². The predicted octanol–water partition coefficient (Wildman–Crippen LogP) is 2.33. The number of nitrogens with one attached hydrogen (secondary N) is 1. The average molecular weight is 197 g/mol. The molecule has 1 spiro atoms. The molecule has 14 heavy (non-hydrogen) atoms. The van der Waals surface area contributed by atoms with Crippen molar-refractivity contribution in [2.24, 2.45) is 5.92 Å². The van der Waals surface area contributed by atoms with Crippen molar-refractivity contribution in [1.29, 1.82) is 0 Å².